The molecule has 0 spiro atoms. The predicted octanol–water partition coefficient (Wildman–Crippen LogP) is 1.66. The van der Waals surface area contributed by atoms with Crippen molar-refractivity contribution in [3.05, 3.63) is 33.7 Å². The summed E-state index contributed by atoms with van der Waals surface area (Å²) in [5, 5.41) is 3.34. The minimum Gasteiger partial charge on any atom is -0.356 e. The summed E-state index contributed by atoms with van der Waals surface area (Å²) in [5.74, 6) is 0.0207. The van der Waals surface area contributed by atoms with E-state index in [9.17, 15) is 9.59 Å². The van der Waals surface area contributed by atoms with Crippen molar-refractivity contribution in [3.8, 4) is 0 Å². The minimum atomic E-state index is -0.0791. The second-order valence-corrected chi connectivity index (χ2v) is 4.61. The molecule has 94 valence electrons. The SMILES string of the molecule is CC(C)C(=O)NCCCn1cc(Cl)ccc1=O. The lowest BCUT2D eigenvalue weighted by atomic mass is 10.2. The van der Waals surface area contributed by atoms with Gasteiger partial charge in [-0.05, 0) is 12.5 Å². The molecule has 1 aromatic heterocycles. The molecule has 1 heterocycles. The highest BCUT2D eigenvalue weighted by Gasteiger charge is 2.05. The number of hydrogen-bond donors (Lipinski definition) is 1. The van der Waals surface area contributed by atoms with Crippen molar-refractivity contribution in [1.29, 1.82) is 0 Å². The molecule has 5 heteroatoms. The van der Waals surface area contributed by atoms with E-state index in [1.807, 2.05) is 13.8 Å². The van der Waals surface area contributed by atoms with Crippen LogP contribution in [0.25, 0.3) is 0 Å². The van der Waals surface area contributed by atoms with E-state index in [0.29, 0.717) is 24.5 Å². The van der Waals surface area contributed by atoms with Gasteiger partial charge in [0.1, 0.15) is 0 Å². The standard InChI is InChI=1S/C12H17ClN2O2/c1-9(2)12(17)14-6-3-7-15-8-10(13)4-5-11(15)16/h4-5,8-9H,3,6-7H2,1-2H3,(H,14,17). The van der Waals surface area contributed by atoms with Crippen LogP contribution in [-0.2, 0) is 11.3 Å². The van der Waals surface area contributed by atoms with Crippen LogP contribution in [0, 0.1) is 5.92 Å². The summed E-state index contributed by atoms with van der Waals surface area (Å²) in [5.41, 5.74) is -0.0791. The fourth-order valence-electron chi connectivity index (χ4n) is 1.34. The van der Waals surface area contributed by atoms with Gasteiger partial charge < -0.3 is 9.88 Å². The van der Waals surface area contributed by atoms with Crippen LogP contribution in [0.5, 0.6) is 0 Å². The Balaban J connectivity index is 2.39. The van der Waals surface area contributed by atoms with E-state index in [2.05, 4.69) is 5.32 Å². The molecule has 0 aliphatic heterocycles. The zero-order valence-corrected chi connectivity index (χ0v) is 10.8. The first-order valence-corrected chi connectivity index (χ1v) is 6.02. The summed E-state index contributed by atoms with van der Waals surface area (Å²) in [7, 11) is 0. The van der Waals surface area contributed by atoms with Gasteiger partial charge in [0.25, 0.3) is 5.56 Å². The van der Waals surface area contributed by atoms with Gasteiger partial charge in [-0.3, -0.25) is 9.59 Å². The first-order valence-electron chi connectivity index (χ1n) is 5.64. The number of nitrogens with one attached hydrogen (secondary N) is 1. The Bertz CT molecular complexity index is 440. The Morgan fingerprint density at radius 2 is 2.18 bits per heavy atom. The van der Waals surface area contributed by atoms with E-state index in [1.54, 1.807) is 16.8 Å². The largest absolute Gasteiger partial charge is 0.356 e. The number of halogens is 1. The lowest BCUT2D eigenvalue weighted by Gasteiger charge is -2.08. The Morgan fingerprint density at radius 3 is 2.82 bits per heavy atom. The third-order valence-electron chi connectivity index (χ3n) is 2.35. The Morgan fingerprint density at radius 1 is 1.47 bits per heavy atom. The molecule has 1 N–H and O–H groups in total. The van der Waals surface area contributed by atoms with E-state index in [-0.39, 0.29) is 17.4 Å². The van der Waals surface area contributed by atoms with Crippen LogP contribution in [0.1, 0.15) is 20.3 Å². The quantitative estimate of drug-likeness (QED) is 0.815. The van der Waals surface area contributed by atoms with Crippen LogP contribution >= 0.6 is 11.6 Å². The van der Waals surface area contributed by atoms with E-state index < -0.39 is 0 Å². The molecule has 0 aromatic carbocycles. The van der Waals surface area contributed by atoms with Gasteiger partial charge in [-0.2, -0.15) is 0 Å². The monoisotopic (exact) mass is 256 g/mol. The third kappa shape index (κ3) is 4.61. The van der Waals surface area contributed by atoms with Gasteiger partial charge in [0.15, 0.2) is 0 Å². The molecule has 1 aromatic rings. The Kier molecular flexibility index (Phi) is 5.22. The summed E-state index contributed by atoms with van der Waals surface area (Å²) >= 11 is 5.79. The molecule has 0 radical (unpaired) electrons. The number of aromatic nitrogens is 1. The number of pyridine rings is 1. The van der Waals surface area contributed by atoms with Gasteiger partial charge >= 0.3 is 0 Å². The van der Waals surface area contributed by atoms with Gasteiger partial charge in [0, 0.05) is 31.3 Å². The molecule has 0 aliphatic rings. The van der Waals surface area contributed by atoms with E-state index in [1.165, 1.54) is 6.07 Å². The van der Waals surface area contributed by atoms with Crippen molar-refractivity contribution in [2.24, 2.45) is 5.92 Å². The van der Waals surface area contributed by atoms with Crippen molar-refractivity contribution in [1.82, 2.24) is 9.88 Å². The fourth-order valence-corrected chi connectivity index (χ4v) is 1.52. The first-order chi connectivity index (χ1) is 8.00. The fraction of sp³-hybridized carbons (Fsp3) is 0.500. The maximum atomic E-state index is 11.4. The first kappa shape index (κ1) is 13.8. The molecule has 17 heavy (non-hydrogen) atoms. The van der Waals surface area contributed by atoms with Gasteiger partial charge in [0.05, 0.1) is 5.02 Å². The minimum absolute atomic E-state index is 0.0103. The highest BCUT2D eigenvalue weighted by Crippen LogP contribution is 2.03. The van der Waals surface area contributed by atoms with Crippen molar-refractivity contribution in [2.75, 3.05) is 6.54 Å². The average molecular weight is 257 g/mol. The van der Waals surface area contributed by atoms with Crippen LogP contribution in [0.4, 0.5) is 0 Å². The number of nitrogens with zero attached hydrogens (tertiary/aromatic N) is 1. The van der Waals surface area contributed by atoms with Crippen molar-refractivity contribution in [3.63, 3.8) is 0 Å². The van der Waals surface area contributed by atoms with Crippen LogP contribution in [0.15, 0.2) is 23.1 Å². The number of carbonyl (C=O) groups excluding carboxylic acids is 1. The zero-order chi connectivity index (χ0) is 12.8. The summed E-state index contributed by atoms with van der Waals surface area (Å²) < 4.78 is 1.55. The zero-order valence-electron chi connectivity index (χ0n) is 10.1. The van der Waals surface area contributed by atoms with Crippen molar-refractivity contribution in [2.45, 2.75) is 26.8 Å². The molecule has 4 nitrogen and oxygen atoms in total. The summed E-state index contributed by atoms with van der Waals surface area (Å²) in [6.07, 6.45) is 2.31. The van der Waals surface area contributed by atoms with Crippen molar-refractivity contribution >= 4 is 17.5 Å². The van der Waals surface area contributed by atoms with Gasteiger partial charge in [-0.1, -0.05) is 25.4 Å². The number of rotatable bonds is 5. The molecular formula is C12H17ClN2O2. The number of aryl methyl sites for hydroxylation is 1. The normalized spacial score (nSPS) is 10.6. The van der Waals surface area contributed by atoms with Gasteiger partial charge in [0.2, 0.25) is 5.91 Å². The van der Waals surface area contributed by atoms with Crippen LogP contribution in [0.3, 0.4) is 0 Å². The number of carbonyl (C=O) groups is 1. The molecule has 0 fully saturated rings. The maximum absolute atomic E-state index is 11.4. The summed E-state index contributed by atoms with van der Waals surface area (Å²) in [6.45, 7) is 4.81. The van der Waals surface area contributed by atoms with Gasteiger partial charge in [-0.25, -0.2) is 0 Å². The Labute approximate surface area is 106 Å². The van der Waals surface area contributed by atoms with E-state index in [0.717, 1.165) is 0 Å². The molecule has 0 unspecified atom stereocenters. The van der Waals surface area contributed by atoms with Crippen molar-refractivity contribution < 1.29 is 4.79 Å². The number of amides is 1. The third-order valence-corrected chi connectivity index (χ3v) is 2.57. The van der Waals surface area contributed by atoms with Crippen LogP contribution < -0.4 is 10.9 Å². The highest BCUT2D eigenvalue weighted by atomic mass is 35.5. The average Bonchev–Trinajstić information content (AvgIpc) is 2.28. The summed E-state index contributed by atoms with van der Waals surface area (Å²) in [4.78, 5) is 22.7. The summed E-state index contributed by atoms with van der Waals surface area (Å²) in [6, 6.07) is 3.01. The molecule has 0 saturated heterocycles. The second kappa shape index (κ2) is 6.45. The van der Waals surface area contributed by atoms with E-state index >= 15 is 0 Å². The molecule has 1 rings (SSSR count). The molecule has 0 atom stereocenters. The topological polar surface area (TPSA) is 51.1 Å². The Hall–Kier alpha value is -1.29. The molecular weight excluding hydrogens is 240 g/mol. The molecule has 1 amide bonds. The molecule has 0 aliphatic carbocycles. The lowest BCUT2D eigenvalue weighted by molar-refractivity contribution is -0.123. The van der Waals surface area contributed by atoms with E-state index in [4.69, 9.17) is 11.6 Å². The van der Waals surface area contributed by atoms with Crippen LogP contribution in [-0.4, -0.2) is 17.0 Å². The predicted molar refractivity (Wildman–Crippen MR) is 68.2 cm³/mol. The smallest absolute Gasteiger partial charge is 0.250 e. The second-order valence-electron chi connectivity index (χ2n) is 4.18. The van der Waals surface area contributed by atoms with Gasteiger partial charge in [-0.15, -0.1) is 0 Å². The maximum Gasteiger partial charge on any atom is 0.250 e. The molecule has 0 bridgehead atoms. The highest BCUT2D eigenvalue weighted by molar-refractivity contribution is 6.30. The van der Waals surface area contributed by atoms with Crippen LogP contribution in [0.2, 0.25) is 5.02 Å². The molecule has 0 saturated carbocycles. The lowest BCUT2D eigenvalue weighted by Crippen LogP contribution is -2.30. The number of hydrogen-bond acceptors (Lipinski definition) is 2.